The number of aliphatic hydroxyl groups is 6. The summed E-state index contributed by atoms with van der Waals surface area (Å²) in [6.45, 7) is 3.14. The van der Waals surface area contributed by atoms with E-state index in [1.54, 1.807) is 24.3 Å². The lowest BCUT2D eigenvalue weighted by atomic mass is 9.82. The number of hydrogen-bond donors (Lipinski definition) is 7. The molecule has 1 aromatic carbocycles. The lowest BCUT2D eigenvalue weighted by Gasteiger charge is -2.39. The van der Waals surface area contributed by atoms with Crippen LogP contribution in [0.1, 0.15) is 19.4 Å². The molecule has 156 valence electrons. The summed E-state index contributed by atoms with van der Waals surface area (Å²) < 4.78 is 10.9. The molecule has 0 amide bonds. The molecule has 1 unspecified atom stereocenters. The van der Waals surface area contributed by atoms with Gasteiger partial charge in [0.2, 0.25) is 12.2 Å². The fourth-order valence-corrected chi connectivity index (χ4v) is 3.43. The topological polar surface area (TPSA) is 152 Å². The van der Waals surface area contributed by atoms with Crippen molar-refractivity contribution in [2.45, 2.75) is 57.0 Å². The Morgan fingerprint density at radius 1 is 1.04 bits per heavy atom. The van der Waals surface area contributed by atoms with Crippen molar-refractivity contribution in [1.29, 1.82) is 0 Å². The normalized spacial score (nSPS) is 34.9. The van der Waals surface area contributed by atoms with Gasteiger partial charge in [-0.05, 0) is 24.1 Å². The van der Waals surface area contributed by atoms with E-state index in [4.69, 9.17) is 9.47 Å². The fourth-order valence-electron chi connectivity index (χ4n) is 3.43. The summed E-state index contributed by atoms with van der Waals surface area (Å²) in [5.74, 6) is 0.0909. The lowest BCUT2D eigenvalue weighted by Crippen LogP contribution is -2.60. The first-order valence-corrected chi connectivity index (χ1v) is 9.10. The summed E-state index contributed by atoms with van der Waals surface area (Å²) in [4.78, 5) is 0. The summed E-state index contributed by atoms with van der Waals surface area (Å²) >= 11 is 0. The van der Waals surface area contributed by atoms with Crippen molar-refractivity contribution in [2.24, 2.45) is 5.41 Å². The molecule has 9 heteroatoms. The van der Waals surface area contributed by atoms with E-state index in [0.717, 1.165) is 5.56 Å². The van der Waals surface area contributed by atoms with Crippen LogP contribution in [0.15, 0.2) is 35.9 Å². The molecule has 0 bridgehead atoms. The first kappa shape index (κ1) is 20.7. The highest BCUT2D eigenvalue weighted by Crippen LogP contribution is 2.37. The van der Waals surface area contributed by atoms with Gasteiger partial charge in [0, 0.05) is 11.5 Å². The maximum Gasteiger partial charge on any atom is 0.229 e. The number of benzene rings is 1. The molecule has 0 aromatic heterocycles. The third-order valence-corrected chi connectivity index (χ3v) is 5.48. The second-order valence-electron chi connectivity index (χ2n) is 7.78. The van der Waals surface area contributed by atoms with Gasteiger partial charge in [-0.2, -0.15) is 0 Å². The van der Waals surface area contributed by atoms with Crippen LogP contribution in [0.4, 0.5) is 0 Å². The summed E-state index contributed by atoms with van der Waals surface area (Å²) in [5.41, 5.74) is 0.310. The smallest absolute Gasteiger partial charge is 0.229 e. The predicted octanol–water partition coefficient (Wildman–Crippen LogP) is -0.309. The summed E-state index contributed by atoms with van der Waals surface area (Å²) in [6.07, 6.45) is -6.15. The molecule has 0 saturated carbocycles. The SMILES string of the molecule is CC1(C)C(O)=C(O)NC1Cc1ccc(O[C@@H]2O[C@H](CO)[C@@H](O)[C@H](O)[C@H]2O)cc1. The molecular weight excluding hydrogens is 370 g/mol. The first-order chi connectivity index (χ1) is 13.1. The van der Waals surface area contributed by atoms with Crippen molar-refractivity contribution < 1.29 is 40.1 Å². The van der Waals surface area contributed by atoms with Gasteiger partial charge in [-0.15, -0.1) is 0 Å². The molecule has 1 saturated heterocycles. The lowest BCUT2D eigenvalue weighted by molar-refractivity contribution is -0.277. The monoisotopic (exact) mass is 397 g/mol. The van der Waals surface area contributed by atoms with Gasteiger partial charge in [-0.1, -0.05) is 26.0 Å². The number of rotatable bonds is 5. The molecule has 1 aromatic rings. The predicted molar refractivity (Wildman–Crippen MR) is 97.5 cm³/mol. The highest BCUT2D eigenvalue weighted by atomic mass is 16.7. The molecule has 28 heavy (non-hydrogen) atoms. The third kappa shape index (κ3) is 3.76. The van der Waals surface area contributed by atoms with Crippen LogP contribution >= 0.6 is 0 Å². The zero-order valence-electron chi connectivity index (χ0n) is 15.7. The minimum absolute atomic E-state index is 0.0694. The minimum Gasteiger partial charge on any atom is -0.506 e. The van der Waals surface area contributed by atoms with Crippen LogP contribution < -0.4 is 10.1 Å². The van der Waals surface area contributed by atoms with Gasteiger partial charge in [0.25, 0.3) is 0 Å². The van der Waals surface area contributed by atoms with Crippen molar-refractivity contribution in [3.8, 4) is 5.75 Å². The van der Waals surface area contributed by atoms with E-state index >= 15 is 0 Å². The molecule has 0 aliphatic carbocycles. The van der Waals surface area contributed by atoms with Crippen molar-refractivity contribution in [3.05, 3.63) is 41.5 Å². The molecule has 0 radical (unpaired) electrons. The maximum atomic E-state index is 10.0. The van der Waals surface area contributed by atoms with Crippen LogP contribution in [-0.4, -0.2) is 74.0 Å². The van der Waals surface area contributed by atoms with Gasteiger partial charge in [0.05, 0.1) is 6.61 Å². The average Bonchev–Trinajstić information content (AvgIpc) is 2.86. The van der Waals surface area contributed by atoms with Crippen LogP contribution in [0.2, 0.25) is 0 Å². The highest BCUT2D eigenvalue weighted by Gasteiger charge is 2.45. The number of ether oxygens (including phenoxy) is 2. The van der Waals surface area contributed by atoms with Crippen LogP contribution in [0, 0.1) is 5.41 Å². The highest BCUT2D eigenvalue weighted by molar-refractivity contribution is 5.30. The molecular formula is C19H27NO8. The molecule has 7 N–H and O–H groups in total. The Morgan fingerprint density at radius 2 is 1.68 bits per heavy atom. The van der Waals surface area contributed by atoms with Crippen molar-refractivity contribution in [3.63, 3.8) is 0 Å². The Balaban J connectivity index is 1.64. The van der Waals surface area contributed by atoms with Crippen LogP contribution in [0.5, 0.6) is 5.75 Å². The van der Waals surface area contributed by atoms with Gasteiger partial charge in [-0.3, -0.25) is 0 Å². The van der Waals surface area contributed by atoms with E-state index in [-0.39, 0.29) is 17.7 Å². The Bertz CT molecular complexity index is 717. The quantitative estimate of drug-likeness (QED) is 0.355. The van der Waals surface area contributed by atoms with E-state index in [2.05, 4.69) is 5.32 Å². The molecule has 1 fully saturated rings. The van der Waals surface area contributed by atoms with Crippen molar-refractivity contribution in [2.75, 3.05) is 6.61 Å². The van der Waals surface area contributed by atoms with Crippen LogP contribution in [0.3, 0.4) is 0 Å². The molecule has 2 aliphatic heterocycles. The first-order valence-electron chi connectivity index (χ1n) is 9.10. The van der Waals surface area contributed by atoms with Gasteiger partial charge >= 0.3 is 0 Å². The van der Waals surface area contributed by atoms with Gasteiger partial charge in [0.1, 0.15) is 30.2 Å². The Labute approximate surface area is 162 Å². The summed E-state index contributed by atoms with van der Waals surface area (Å²) in [7, 11) is 0. The molecule has 0 spiro atoms. The second-order valence-corrected chi connectivity index (χ2v) is 7.78. The van der Waals surface area contributed by atoms with Crippen molar-refractivity contribution >= 4 is 0 Å². The summed E-state index contributed by atoms with van der Waals surface area (Å²) in [5, 5.41) is 61.4. The Hall–Kier alpha value is -2.04. The maximum absolute atomic E-state index is 10.0. The van der Waals surface area contributed by atoms with E-state index in [1.807, 2.05) is 13.8 Å². The number of nitrogens with one attached hydrogen (secondary N) is 1. The molecule has 2 aliphatic rings. The van der Waals surface area contributed by atoms with E-state index in [9.17, 15) is 30.6 Å². The molecule has 2 heterocycles. The zero-order chi connectivity index (χ0) is 20.6. The van der Waals surface area contributed by atoms with E-state index in [0.29, 0.717) is 12.2 Å². The molecule has 3 rings (SSSR count). The number of aliphatic hydroxyl groups excluding tert-OH is 6. The van der Waals surface area contributed by atoms with Crippen LogP contribution in [0.25, 0.3) is 0 Å². The number of hydrogen-bond acceptors (Lipinski definition) is 9. The largest absolute Gasteiger partial charge is 0.506 e. The average molecular weight is 397 g/mol. The third-order valence-electron chi connectivity index (χ3n) is 5.48. The Kier molecular flexibility index (Phi) is 5.74. The molecule has 6 atom stereocenters. The zero-order valence-corrected chi connectivity index (χ0v) is 15.7. The van der Waals surface area contributed by atoms with Gasteiger partial charge in [0.15, 0.2) is 5.76 Å². The van der Waals surface area contributed by atoms with Gasteiger partial charge < -0.3 is 45.4 Å². The van der Waals surface area contributed by atoms with Crippen molar-refractivity contribution in [1.82, 2.24) is 5.32 Å². The Morgan fingerprint density at radius 3 is 2.21 bits per heavy atom. The van der Waals surface area contributed by atoms with Gasteiger partial charge in [-0.25, -0.2) is 0 Å². The molecule has 9 nitrogen and oxygen atoms in total. The fraction of sp³-hybridized carbons (Fsp3) is 0.579. The van der Waals surface area contributed by atoms with E-state index in [1.165, 1.54) is 0 Å². The second kappa shape index (κ2) is 7.76. The van der Waals surface area contributed by atoms with E-state index < -0.39 is 42.7 Å². The minimum atomic E-state index is -1.50. The summed E-state index contributed by atoms with van der Waals surface area (Å²) in [6, 6.07) is 6.72. The standard InChI is InChI=1S/C19H27NO8/c1-19(2)12(20-17(26)16(19)25)7-9-3-5-10(6-4-9)27-18-15(24)14(23)13(22)11(8-21)28-18/h3-6,11-15,18,20-26H,7-8H2,1-2H3/t11-,12?,13-,14+,15-,18-/m1/s1. The van der Waals surface area contributed by atoms with Crippen LogP contribution in [-0.2, 0) is 11.2 Å².